The molecule has 2 amide bonds. The molecule has 0 spiro atoms. The third-order valence-corrected chi connectivity index (χ3v) is 3.56. The van der Waals surface area contributed by atoms with Crippen molar-refractivity contribution < 1.29 is 22.7 Å². The zero-order valence-corrected chi connectivity index (χ0v) is 12.7. The first kappa shape index (κ1) is 16.2. The van der Waals surface area contributed by atoms with Crippen molar-refractivity contribution in [2.24, 2.45) is 0 Å². The quantitative estimate of drug-likeness (QED) is 0.902. The lowest BCUT2D eigenvalue weighted by molar-refractivity contribution is -0.142. The summed E-state index contributed by atoms with van der Waals surface area (Å²) in [6.45, 7) is 0.615. The monoisotopic (exact) mass is 340 g/mol. The highest BCUT2D eigenvalue weighted by Gasteiger charge is 2.32. The Kier molecular flexibility index (Phi) is 4.08. The third-order valence-electron chi connectivity index (χ3n) is 3.56. The van der Waals surface area contributed by atoms with E-state index in [2.05, 4.69) is 15.7 Å². The van der Waals surface area contributed by atoms with Crippen LogP contribution in [0.5, 0.6) is 5.75 Å². The van der Waals surface area contributed by atoms with Gasteiger partial charge in [0.15, 0.2) is 0 Å². The van der Waals surface area contributed by atoms with E-state index in [1.807, 2.05) is 31.2 Å². The zero-order chi connectivity index (χ0) is 17.3. The molecule has 1 aliphatic rings. The number of carbonyl (C=O) groups excluding carboxylic acids is 1. The van der Waals surface area contributed by atoms with E-state index in [1.165, 1.54) is 0 Å². The van der Waals surface area contributed by atoms with Gasteiger partial charge in [-0.05, 0) is 13.0 Å². The molecule has 1 aromatic heterocycles. The summed E-state index contributed by atoms with van der Waals surface area (Å²) in [6.07, 6.45) is -2.34. The van der Waals surface area contributed by atoms with Crippen LogP contribution in [0.15, 0.2) is 36.7 Å². The molecule has 1 aliphatic heterocycles. The smallest absolute Gasteiger partial charge is 0.408 e. The summed E-state index contributed by atoms with van der Waals surface area (Å²) in [5.74, 6) is 0.702. The van der Waals surface area contributed by atoms with E-state index in [0.717, 1.165) is 18.0 Å². The second-order valence-corrected chi connectivity index (χ2v) is 5.48. The molecule has 0 bridgehead atoms. The van der Waals surface area contributed by atoms with Gasteiger partial charge in [0.1, 0.15) is 18.4 Å². The van der Waals surface area contributed by atoms with Crippen LogP contribution in [0.1, 0.15) is 18.5 Å². The summed E-state index contributed by atoms with van der Waals surface area (Å²) in [5.41, 5.74) is 1.03. The van der Waals surface area contributed by atoms with E-state index in [9.17, 15) is 18.0 Å². The molecule has 3 rings (SSSR count). The second-order valence-electron chi connectivity index (χ2n) is 5.48. The van der Waals surface area contributed by atoms with Crippen LogP contribution in [0.3, 0.4) is 0 Å². The Labute approximate surface area is 135 Å². The third kappa shape index (κ3) is 3.61. The van der Waals surface area contributed by atoms with Crippen LogP contribution >= 0.6 is 0 Å². The van der Waals surface area contributed by atoms with Crippen LogP contribution in [0.4, 0.5) is 23.7 Å². The number of anilines is 1. The van der Waals surface area contributed by atoms with Crippen molar-refractivity contribution in [3.63, 3.8) is 0 Å². The SMILES string of the molecule is C[C@@H]1Oc2ccccc2[C@H]1NC(=O)Nc1cnn(CC(F)(F)F)c1. The number of hydrogen-bond acceptors (Lipinski definition) is 3. The minimum absolute atomic E-state index is 0.177. The van der Waals surface area contributed by atoms with E-state index < -0.39 is 18.8 Å². The fourth-order valence-electron chi connectivity index (χ4n) is 2.57. The van der Waals surface area contributed by atoms with E-state index in [0.29, 0.717) is 10.4 Å². The Morgan fingerprint density at radius 1 is 1.38 bits per heavy atom. The lowest BCUT2D eigenvalue weighted by atomic mass is 10.1. The Balaban J connectivity index is 1.62. The number of nitrogens with zero attached hydrogens (tertiary/aromatic N) is 2. The Bertz CT molecular complexity index is 744. The maximum Gasteiger partial charge on any atom is 0.408 e. The van der Waals surface area contributed by atoms with E-state index in [-0.39, 0.29) is 17.8 Å². The molecular formula is C15H15F3N4O2. The molecule has 128 valence electrons. The molecule has 2 atom stereocenters. The van der Waals surface area contributed by atoms with Gasteiger partial charge in [-0.2, -0.15) is 18.3 Å². The van der Waals surface area contributed by atoms with Crippen LogP contribution in [0.2, 0.25) is 0 Å². The predicted molar refractivity (Wildman–Crippen MR) is 79.7 cm³/mol. The maximum atomic E-state index is 12.3. The summed E-state index contributed by atoms with van der Waals surface area (Å²) >= 11 is 0. The van der Waals surface area contributed by atoms with Crippen LogP contribution in [0.25, 0.3) is 0 Å². The number of para-hydroxylation sites is 1. The van der Waals surface area contributed by atoms with Gasteiger partial charge in [-0.1, -0.05) is 18.2 Å². The van der Waals surface area contributed by atoms with Crippen molar-refractivity contribution in [2.75, 3.05) is 5.32 Å². The standard InChI is InChI=1S/C15H15F3N4O2/c1-9-13(11-4-2-3-5-12(11)24-9)21-14(23)20-10-6-19-22(7-10)8-15(16,17)18/h2-7,9,13H,8H2,1H3,(H2,20,21,23)/t9-,13-/m0/s1. The van der Waals surface area contributed by atoms with Crippen molar-refractivity contribution in [2.45, 2.75) is 31.8 Å². The molecule has 1 aromatic carbocycles. The number of carbonyl (C=O) groups is 1. The number of nitrogens with one attached hydrogen (secondary N) is 2. The number of halogens is 3. The number of alkyl halides is 3. The van der Waals surface area contributed by atoms with Crippen molar-refractivity contribution in [1.29, 1.82) is 0 Å². The van der Waals surface area contributed by atoms with Gasteiger partial charge < -0.3 is 15.4 Å². The van der Waals surface area contributed by atoms with E-state index in [1.54, 1.807) is 0 Å². The summed E-state index contributed by atoms with van der Waals surface area (Å²) in [4.78, 5) is 12.1. The van der Waals surface area contributed by atoms with Crippen molar-refractivity contribution in [1.82, 2.24) is 15.1 Å². The van der Waals surface area contributed by atoms with Gasteiger partial charge in [-0.25, -0.2) is 4.79 Å². The zero-order valence-electron chi connectivity index (χ0n) is 12.7. The number of amides is 2. The van der Waals surface area contributed by atoms with Gasteiger partial charge >= 0.3 is 12.2 Å². The summed E-state index contributed by atoms with van der Waals surface area (Å²) < 4.78 is 43.2. The van der Waals surface area contributed by atoms with Gasteiger partial charge in [0.2, 0.25) is 0 Å². The average Bonchev–Trinajstić information content (AvgIpc) is 3.02. The number of benzene rings is 1. The van der Waals surface area contributed by atoms with Gasteiger partial charge in [-0.15, -0.1) is 0 Å². The number of rotatable bonds is 3. The maximum absolute atomic E-state index is 12.3. The van der Waals surface area contributed by atoms with Crippen molar-refractivity contribution in [3.8, 4) is 5.75 Å². The molecule has 0 aliphatic carbocycles. The number of aromatic nitrogens is 2. The molecule has 24 heavy (non-hydrogen) atoms. The predicted octanol–water partition coefficient (Wildman–Crippen LogP) is 3.09. The molecule has 0 unspecified atom stereocenters. The Morgan fingerprint density at radius 3 is 2.88 bits per heavy atom. The van der Waals surface area contributed by atoms with E-state index >= 15 is 0 Å². The molecule has 2 heterocycles. The minimum atomic E-state index is -4.37. The van der Waals surface area contributed by atoms with Gasteiger partial charge in [0.25, 0.3) is 0 Å². The first-order chi connectivity index (χ1) is 11.3. The Morgan fingerprint density at radius 2 is 2.12 bits per heavy atom. The van der Waals surface area contributed by atoms with Gasteiger partial charge in [0.05, 0.1) is 17.9 Å². The molecule has 0 fully saturated rings. The lowest BCUT2D eigenvalue weighted by Gasteiger charge is -2.16. The summed E-state index contributed by atoms with van der Waals surface area (Å²) in [6, 6.07) is 6.46. The molecule has 2 N–H and O–H groups in total. The number of ether oxygens (including phenoxy) is 1. The lowest BCUT2D eigenvalue weighted by Crippen LogP contribution is -2.36. The molecule has 9 heteroatoms. The minimum Gasteiger partial charge on any atom is -0.488 e. The summed E-state index contributed by atoms with van der Waals surface area (Å²) in [7, 11) is 0. The van der Waals surface area contributed by atoms with Crippen LogP contribution in [-0.2, 0) is 6.54 Å². The molecule has 0 radical (unpaired) electrons. The van der Waals surface area contributed by atoms with Crippen molar-refractivity contribution >= 4 is 11.7 Å². The average molecular weight is 340 g/mol. The number of urea groups is 1. The fourth-order valence-corrected chi connectivity index (χ4v) is 2.57. The Hall–Kier alpha value is -2.71. The van der Waals surface area contributed by atoms with Crippen LogP contribution < -0.4 is 15.4 Å². The summed E-state index contributed by atoms with van der Waals surface area (Å²) in [5, 5.41) is 8.79. The van der Waals surface area contributed by atoms with Gasteiger partial charge in [-0.3, -0.25) is 4.68 Å². The van der Waals surface area contributed by atoms with Gasteiger partial charge in [0, 0.05) is 11.8 Å². The first-order valence-electron chi connectivity index (χ1n) is 7.24. The largest absolute Gasteiger partial charge is 0.488 e. The number of fused-ring (bicyclic) bond motifs is 1. The molecular weight excluding hydrogens is 325 g/mol. The highest BCUT2D eigenvalue weighted by Crippen LogP contribution is 2.36. The molecule has 2 aromatic rings. The van der Waals surface area contributed by atoms with Crippen molar-refractivity contribution in [3.05, 3.63) is 42.2 Å². The fraction of sp³-hybridized carbons (Fsp3) is 0.333. The number of hydrogen-bond donors (Lipinski definition) is 2. The first-order valence-corrected chi connectivity index (χ1v) is 7.24. The normalized spacial score (nSPS) is 19.5. The second kappa shape index (κ2) is 6.06. The highest BCUT2D eigenvalue weighted by atomic mass is 19.4. The molecule has 0 saturated carbocycles. The molecule has 6 nitrogen and oxygen atoms in total. The topological polar surface area (TPSA) is 68.2 Å². The van der Waals surface area contributed by atoms with Crippen LogP contribution in [0, 0.1) is 0 Å². The molecule has 0 saturated heterocycles. The highest BCUT2D eigenvalue weighted by molar-refractivity contribution is 5.89. The van der Waals surface area contributed by atoms with Crippen LogP contribution in [-0.4, -0.2) is 28.1 Å². The van der Waals surface area contributed by atoms with E-state index in [4.69, 9.17) is 4.74 Å².